The van der Waals surface area contributed by atoms with Gasteiger partial charge in [-0.3, -0.25) is 14.9 Å². The quantitative estimate of drug-likeness (QED) is 0.554. The number of nitrogens with one attached hydrogen (secondary N) is 1. The number of hydrogen-bond acceptors (Lipinski definition) is 2. The van der Waals surface area contributed by atoms with E-state index in [-0.39, 0.29) is 18.1 Å². The van der Waals surface area contributed by atoms with E-state index in [1.807, 2.05) is 0 Å². The zero-order valence-electron chi connectivity index (χ0n) is 7.79. The van der Waals surface area contributed by atoms with Gasteiger partial charge in [-0.2, -0.15) is 0 Å². The molecule has 0 bridgehead atoms. The zero-order chi connectivity index (χ0) is 10.8. The first-order valence-electron chi connectivity index (χ1n) is 4.45. The minimum atomic E-state index is -0.399. The highest BCUT2D eigenvalue weighted by Crippen LogP contribution is 2.15. The van der Waals surface area contributed by atoms with E-state index in [2.05, 4.69) is 5.32 Å². The van der Waals surface area contributed by atoms with Crippen LogP contribution in [0.1, 0.15) is 12.0 Å². The second-order valence-electron chi connectivity index (χ2n) is 3.28. The number of hydrogen-bond donors (Lipinski definition) is 1. The fourth-order valence-corrected chi connectivity index (χ4v) is 1.42. The summed E-state index contributed by atoms with van der Waals surface area (Å²) in [5, 5.41) is 2.16. The lowest BCUT2D eigenvalue weighted by molar-refractivity contribution is -0.124. The third kappa shape index (κ3) is 2.10. The molecule has 15 heavy (non-hydrogen) atoms. The van der Waals surface area contributed by atoms with Crippen LogP contribution in [0.15, 0.2) is 29.8 Å². The number of halogens is 1. The predicted molar refractivity (Wildman–Crippen MR) is 52.1 cm³/mol. The monoisotopic (exact) mass is 205 g/mol. The molecule has 0 unspecified atom stereocenters. The standard InChI is InChI=1S/C11H8FNO2/c12-9-3-1-2-7(5-9)4-8-6-10(14)13-11(8)15/h1-5H,6H2,(H,13,14,15)/b8-4+. The van der Waals surface area contributed by atoms with Gasteiger partial charge in [-0.15, -0.1) is 0 Å². The summed E-state index contributed by atoms with van der Waals surface area (Å²) in [6.07, 6.45) is 1.58. The average molecular weight is 205 g/mol. The molecule has 2 rings (SSSR count). The Hall–Kier alpha value is -1.97. The molecule has 1 aromatic rings. The molecule has 1 aromatic carbocycles. The molecule has 76 valence electrons. The van der Waals surface area contributed by atoms with Gasteiger partial charge in [0.25, 0.3) is 5.91 Å². The molecule has 0 aromatic heterocycles. The minimum absolute atomic E-state index is 0.0648. The van der Waals surface area contributed by atoms with Crippen molar-refractivity contribution in [2.24, 2.45) is 0 Å². The zero-order valence-corrected chi connectivity index (χ0v) is 7.79. The SMILES string of the molecule is O=C1C/C(=C\c2cccc(F)c2)C(=O)N1. The maximum absolute atomic E-state index is 12.8. The predicted octanol–water partition coefficient (Wildman–Crippen LogP) is 1.26. The molecule has 1 heterocycles. The minimum Gasteiger partial charge on any atom is -0.292 e. The third-order valence-electron chi connectivity index (χ3n) is 2.09. The van der Waals surface area contributed by atoms with E-state index in [9.17, 15) is 14.0 Å². The second kappa shape index (κ2) is 3.65. The van der Waals surface area contributed by atoms with E-state index in [1.165, 1.54) is 18.2 Å². The molecule has 0 saturated carbocycles. The Balaban J connectivity index is 2.31. The highest BCUT2D eigenvalue weighted by atomic mass is 19.1. The van der Waals surface area contributed by atoms with Crippen molar-refractivity contribution < 1.29 is 14.0 Å². The largest absolute Gasteiger partial charge is 0.292 e. The van der Waals surface area contributed by atoms with Crippen LogP contribution in [0, 0.1) is 5.82 Å². The van der Waals surface area contributed by atoms with E-state index in [1.54, 1.807) is 12.1 Å². The summed E-state index contributed by atoms with van der Waals surface area (Å²) >= 11 is 0. The summed E-state index contributed by atoms with van der Waals surface area (Å²) in [5.41, 5.74) is 0.945. The fourth-order valence-electron chi connectivity index (χ4n) is 1.42. The van der Waals surface area contributed by atoms with Crippen LogP contribution in [-0.4, -0.2) is 11.8 Å². The van der Waals surface area contributed by atoms with E-state index < -0.39 is 5.91 Å². The van der Waals surface area contributed by atoms with Crippen molar-refractivity contribution in [3.05, 3.63) is 41.2 Å². The molecule has 0 spiro atoms. The second-order valence-corrected chi connectivity index (χ2v) is 3.28. The van der Waals surface area contributed by atoms with Crippen molar-refractivity contribution in [1.29, 1.82) is 0 Å². The summed E-state index contributed by atoms with van der Waals surface area (Å²) in [6, 6.07) is 5.85. The number of carbonyl (C=O) groups is 2. The molecule has 1 aliphatic heterocycles. The Labute approximate surface area is 85.6 Å². The topological polar surface area (TPSA) is 46.2 Å². The van der Waals surface area contributed by atoms with Gasteiger partial charge in [0, 0.05) is 5.57 Å². The number of carbonyl (C=O) groups excluding carboxylic acids is 2. The van der Waals surface area contributed by atoms with Gasteiger partial charge in [-0.25, -0.2) is 4.39 Å². The summed E-state index contributed by atoms with van der Waals surface area (Å²) in [6.45, 7) is 0. The van der Waals surface area contributed by atoms with Crippen LogP contribution < -0.4 is 5.32 Å². The first-order valence-corrected chi connectivity index (χ1v) is 4.45. The smallest absolute Gasteiger partial charge is 0.254 e. The molecule has 1 aliphatic rings. The number of rotatable bonds is 1. The van der Waals surface area contributed by atoms with Gasteiger partial charge in [0.05, 0.1) is 6.42 Å². The molecule has 1 fully saturated rings. The number of imide groups is 1. The molecule has 4 heteroatoms. The van der Waals surface area contributed by atoms with Crippen LogP contribution in [0.2, 0.25) is 0 Å². The Morgan fingerprint density at radius 2 is 2.13 bits per heavy atom. The van der Waals surface area contributed by atoms with Crippen LogP contribution in [0.3, 0.4) is 0 Å². The molecule has 0 atom stereocenters. The van der Waals surface area contributed by atoms with E-state index in [0.29, 0.717) is 11.1 Å². The van der Waals surface area contributed by atoms with Gasteiger partial charge in [0.2, 0.25) is 5.91 Å². The molecular weight excluding hydrogens is 197 g/mol. The van der Waals surface area contributed by atoms with Crippen LogP contribution in [0.4, 0.5) is 4.39 Å². The first-order chi connectivity index (χ1) is 7.15. The van der Waals surface area contributed by atoms with Crippen molar-refractivity contribution in [3.63, 3.8) is 0 Å². The van der Waals surface area contributed by atoms with Gasteiger partial charge >= 0.3 is 0 Å². The van der Waals surface area contributed by atoms with Gasteiger partial charge in [-0.05, 0) is 23.8 Å². The van der Waals surface area contributed by atoms with E-state index >= 15 is 0 Å². The summed E-state index contributed by atoms with van der Waals surface area (Å²) < 4.78 is 12.8. The Bertz CT molecular complexity index is 465. The van der Waals surface area contributed by atoms with Gasteiger partial charge in [0.15, 0.2) is 0 Å². The van der Waals surface area contributed by atoms with Crippen LogP contribution >= 0.6 is 0 Å². The summed E-state index contributed by atoms with van der Waals surface area (Å²) in [7, 11) is 0. The maximum Gasteiger partial charge on any atom is 0.254 e. The lowest BCUT2D eigenvalue weighted by Gasteiger charge is -1.95. The lowest BCUT2D eigenvalue weighted by Crippen LogP contribution is -2.19. The lowest BCUT2D eigenvalue weighted by atomic mass is 10.1. The Kier molecular flexibility index (Phi) is 2.33. The fraction of sp³-hybridized carbons (Fsp3) is 0.0909. The van der Waals surface area contributed by atoms with E-state index in [0.717, 1.165) is 0 Å². The molecule has 1 N–H and O–H groups in total. The normalized spacial score (nSPS) is 18.3. The van der Waals surface area contributed by atoms with Crippen LogP contribution in [0.25, 0.3) is 6.08 Å². The number of benzene rings is 1. The van der Waals surface area contributed by atoms with Crippen molar-refractivity contribution >= 4 is 17.9 Å². The van der Waals surface area contributed by atoms with Crippen LogP contribution in [0.5, 0.6) is 0 Å². The summed E-state index contributed by atoms with van der Waals surface area (Å²) in [5.74, 6) is -1.08. The molecule has 0 aliphatic carbocycles. The van der Waals surface area contributed by atoms with Crippen molar-refractivity contribution in [2.45, 2.75) is 6.42 Å². The van der Waals surface area contributed by atoms with Gasteiger partial charge in [-0.1, -0.05) is 12.1 Å². The average Bonchev–Trinajstić information content (AvgIpc) is 2.45. The van der Waals surface area contributed by atoms with Crippen molar-refractivity contribution in [1.82, 2.24) is 5.32 Å². The van der Waals surface area contributed by atoms with Gasteiger partial charge < -0.3 is 0 Å². The Morgan fingerprint density at radius 1 is 1.33 bits per heavy atom. The Morgan fingerprint density at radius 3 is 2.73 bits per heavy atom. The van der Waals surface area contributed by atoms with Crippen molar-refractivity contribution in [3.8, 4) is 0 Å². The molecule has 3 nitrogen and oxygen atoms in total. The molecule has 2 amide bonds. The summed E-state index contributed by atoms with van der Waals surface area (Å²) in [4.78, 5) is 22.1. The highest BCUT2D eigenvalue weighted by molar-refractivity contribution is 6.15. The third-order valence-corrected chi connectivity index (χ3v) is 2.09. The molecule has 1 saturated heterocycles. The van der Waals surface area contributed by atoms with Crippen LogP contribution in [-0.2, 0) is 9.59 Å². The number of amides is 2. The molecular formula is C11H8FNO2. The molecule has 0 radical (unpaired) electrons. The first kappa shape index (κ1) is 9.58. The van der Waals surface area contributed by atoms with Crippen molar-refractivity contribution in [2.75, 3.05) is 0 Å². The van der Waals surface area contributed by atoms with Gasteiger partial charge in [0.1, 0.15) is 5.82 Å². The highest BCUT2D eigenvalue weighted by Gasteiger charge is 2.23. The maximum atomic E-state index is 12.8. The van der Waals surface area contributed by atoms with E-state index in [4.69, 9.17) is 0 Å².